The fourth-order valence-electron chi connectivity index (χ4n) is 2.84. The molecule has 26 heavy (non-hydrogen) atoms. The van der Waals surface area contributed by atoms with Gasteiger partial charge in [0, 0.05) is 44.6 Å². The molecule has 0 unspecified atom stereocenters. The van der Waals surface area contributed by atoms with E-state index in [0.717, 1.165) is 37.5 Å². The number of nitrogens with one attached hydrogen (secondary N) is 1. The molecule has 1 N–H and O–H groups in total. The molecule has 0 bridgehead atoms. The van der Waals surface area contributed by atoms with Gasteiger partial charge in [0.05, 0.1) is 7.11 Å². The van der Waals surface area contributed by atoms with Crippen LogP contribution >= 0.6 is 0 Å². The normalized spacial score (nSPS) is 15.1. The minimum atomic E-state index is -0.308. The zero-order valence-electron chi connectivity index (χ0n) is 15.1. The molecule has 0 saturated carbocycles. The van der Waals surface area contributed by atoms with Gasteiger partial charge in [0.2, 0.25) is 5.91 Å². The molecule has 1 aliphatic heterocycles. The number of hydrogen-bond acceptors (Lipinski definition) is 6. The number of hydrogen-bond donors (Lipinski definition) is 1. The summed E-state index contributed by atoms with van der Waals surface area (Å²) in [6.45, 7) is 3.22. The van der Waals surface area contributed by atoms with Crippen LogP contribution < -0.4 is 10.3 Å². The van der Waals surface area contributed by atoms with E-state index in [0.29, 0.717) is 5.82 Å². The Morgan fingerprint density at radius 3 is 2.46 bits per heavy atom. The van der Waals surface area contributed by atoms with Crippen molar-refractivity contribution in [1.29, 1.82) is 0 Å². The first-order valence-corrected chi connectivity index (χ1v) is 8.63. The lowest BCUT2D eigenvalue weighted by Gasteiger charge is -2.32. The summed E-state index contributed by atoms with van der Waals surface area (Å²) >= 11 is 0. The quantitative estimate of drug-likeness (QED) is 0.840. The third-order valence-corrected chi connectivity index (χ3v) is 4.56. The SMILES string of the molecule is COc1ccc(-c2nnc(CCC(=O)N3CCN(C)CC3)c(=O)[nH]2)cc1. The minimum absolute atomic E-state index is 0.0542. The van der Waals surface area contributed by atoms with Crippen LogP contribution in [0.15, 0.2) is 29.1 Å². The number of carbonyl (C=O) groups excluding carboxylic acids is 1. The zero-order valence-corrected chi connectivity index (χ0v) is 15.1. The van der Waals surface area contributed by atoms with Gasteiger partial charge >= 0.3 is 0 Å². The van der Waals surface area contributed by atoms with E-state index in [2.05, 4.69) is 20.1 Å². The average molecular weight is 357 g/mol. The molecule has 1 aromatic heterocycles. The van der Waals surface area contributed by atoms with Crippen molar-refractivity contribution in [1.82, 2.24) is 25.0 Å². The number of piperazine rings is 1. The average Bonchev–Trinajstić information content (AvgIpc) is 2.67. The van der Waals surface area contributed by atoms with Crippen molar-refractivity contribution in [2.24, 2.45) is 0 Å². The molecule has 1 fully saturated rings. The minimum Gasteiger partial charge on any atom is -0.497 e. The van der Waals surface area contributed by atoms with Crippen molar-refractivity contribution in [3.05, 3.63) is 40.3 Å². The van der Waals surface area contributed by atoms with E-state index >= 15 is 0 Å². The Balaban J connectivity index is 1.62. The summed E-state index contributed by atoms with van der Waals surface area (Å²) in [7, 11) is 3.64. The molecule has 3 rings (SSSR count). The molecule has 0 spiro atoms. The topological polar surface area (TPSA) is 91.4 Å². The summed E-state index contributed by atoms with van der Waals surface area (Å²) in [5, 5.41) is 8.11. The number of aromatic nitrogens is 3. The van der Waals surface area contributed by atoms with Crippen molar-refractivity contribution in [3.63, 3.8) is 0 Å². The molecule has 0 atom stereocenters. The highest BCUT2D eigenvalue weighted by molar-refractivity contribution is 5.76. The number of aryl methyl sites for hydroxylation is 1. The van der Waals surface area contributed by atoms with Gasteiger partial charge < -0.3 is 19.5 Å². The van der Waals surface area contributed by atoms with Crippen LogP contribution in [0.1, 0.15) is 12.1 Å². The van der Waals surface area contributed by atoms with Gasteiger partial charge in [0.25, 0.3) is 5.56 Å². The number of ether oxygens (including phenoxy) is 1. The van der Waals surface area contributed by atoms with E-state index in [-0.39, 0.29) is 30.0 Å². The van der Waals surface area contributed by atoms with Crippen molar-refractivity contribution in [3.8, 4) is 17.1 Å². The van der Waals surface area contributed by atoms with E-state index in [1.54, 1.807) is 31.4 Å². The van der Waals surface area contributed by atoms with Gasteiger partial charge in [-0.15, -0.1) is 10.2 Å². The lowest BCUT2D eigenvalue weighted by molar-refractivity contribution is -0.132. The maximum Gasteiger partial charge on any atom is 0.273 e. The second-order valence-electron chi connectivity index (χ2n) is 6.36. The number of aromatic amines is 1. The van der Waals surface area contributed by atoms with Gasteiger partial charge in [-0.25, -0.2) is 0 Å². The molecule has 138 valence electrons. The van der Waals surface area contributed by atoms with Crippen LogP contribution in [0.5, 0.6) is 5.75 Å². The summed E-state index contributed by atoms with van der Waals surface area (Å²) in [6.07, 6.45) is 0.555. The number of benzene rings is 1. The fourth-order valence-corrected chi connectivity index (χ4v) is 2.84. The summed E-state index contributed by atoms with van der Waals surface area (Å²) in [5.41, 5.74) is 0.720. The summed E-state index contributed by atoms with van der Waals surface area (Å²) < 4.78 is 5.11. The van der Waals surface area contributed by atoms with Crippen LogP contribution in [0, 0.1) is 0 Å². The molecule has 8 nitrogen and oxygen atoms in total. The molecule has 1 aromatic carbocycles. The number of carbonyl (C=O) groups is 1. The predicted octanol–water partition coefficient (Wildman–Crippen LogP) is 0.547. The number of rotatable bonds is 5. The molecule has 2 heterocycles. The van der Waals surface area contributed by atoms with Crippen LogP contribution in [-0.4, -0.2) is 71.2 Å². The molecule has 0 aliphatic carbocycles. The monoisotopic (exact) mass is 357 g/mol. The first kappa shape index (κ1) is 18.1. The third-order valence-electron chi connectivity index (χ3n) is 4.56. The summed E-state index contributed by atoms with van der Waals surface area (Å²) in [4.78, 5) is 31.3. The standard InChI is InChI=1S/C18H23N5O3/c1-22-9-11-23(12-10-22)16(24)8-7-15-18(25)19-17(21-20-15)13-3-5-14(26-2)6-4-13/h3-6H,7-12H2,1-2H3,(H,19,21,25). The Labute approximate surface area is 151 Å². The molecule has 0 radical (unpaired) electrons. The Kier molecular flexibility index (Phi) is 5.62. The smallest absolute Gasteiger partial charge is 0.273 e. The van der Waals surface area contributed by atoms with Crippen molar-refractivity contribution >= 4 is 5.91 Å². The van der Waals surface area contributed by atoms with Gasteiger partial charge in [-0.1, -0.05) is 0 Å². The summed E-state index contributed by atoms with van der Waals surface area (Å²) in [6, 6.07) is 7.18. The molecule has 2 aromatic rings. The lowest BCUT2D eigenvalue weighted by Crippen LogP contribution is -2.47. The Bertz CT molecular complexity index is 810. The number of amides is 1. The molecule has 1 amide bonds. The first-order chi connectivity index (χ1) is 12.6. The molecule has 1 aliphatic rings. The van der Waals surface area contributed by atoms with Gasteiger partial charge in [0.1, 0.15) is 11.4 Å². The number of likely N-dealkylation sites (N-methyl/N-ethyl adjacent to an activating group) is 1. The molecular formula is C18H23N5O3. The maximum atomic E-state index is 12.3. The van der Waals surface area contributed by atoms with Crippen LogP contribution in [-0.2, 0) is 11.2 Å². The van der Waals surface area contributed by atoms with E-state index in [4.69, 9.17) is 4.74 Å². The molecule has 1 saturated heterocycles. The highest BCUT2D eigenvalue weighted by atomic mass is 16.5. The van der Waals surface area contributed by atoms with E-state index < -0.39 is 0 Å². The van der Waals surface area contributed by atoms with Crippen LogP contribution in [0.2, 0.25) is 0 Å². The largest absolute Gasteiger partial charge is 0.497 e. The van der Waals surface area contributed by atoms with Gasteiger partial charge in [-0.2, -0.15) is 0 Å². The molecular weight excluding hydrogens is 334 g/mol. The Hall–Kier alpha value is -2.74. The lowest BCUT2D eigenvalue weighted by atomic mass is 10.2. The van der Waals surface area contributed by atoms with E-state index in [1.165, 1.54) is 0 Å². The second-order valence-corrected chi connectivity index (χ2v) is 6.36. The number of H-pyrrole nitrogens is 1. The number of nitrogens with zero attached hydrogens (tertiary/aromatic N) is 4. The number of methoxy groups -OCH3 is 1. The Morgan fingerprint density at radius 2 is 1.85 bits per heavy atom. The summed E-state index contributed by atoms with van der Waals surface area (Å²) in [5.74, 6) is 1.17. The predicted molar refractivity (Wildman–Crippen MR) is 97.0 cm³/mol. The highest BCUT2D eigenvalue weighted by Gasteiger charge is 2.19. The molecule has 8 heteroatoms. The second kappa shape index (κ2) is 8.09. The van der Waals surface area contributed by atoms with E-state index in [1.807, 2.05) is 11.9 Å². The van der Waals surface area contributed by atoms with Crippen molar-refractivity contribution < 1.29 is 9.53 Å². The van der Waals surface area contributed by atoms with Crippen LogP contribution in [0.25, 0.3) is 11.4 Å². The van der Waals surface area contributed by atoms with Gasteiger partial charge in [-0.05, 0) is 31.3 Å². The first-order valence-electron chi connectivity index (χ1n) is 8.63. The van der Waals surface area contributed by atoms with Crippen LogP contribution in [0.3, 0.4) is 0 Å². The van der Waals surface area contributed by atoms with Gasteiger partial charge in [-0.3, -0.25) is 9.59 Å². The zero-order chi connectivity index (χ0) is 18.5. The maximum absolute atomic E-state index is 12.3. The fraction of sp³-hybridized carbons (Fsp3) is 0.444. The van der Waals surface area contributed by atoms with Gasteiger partial charge in [0.15, 0.2) is 5.82 Å². The highest BCUT2D eigenvalue weighted by Crippen LogP contribution is 2.17. The van der Waals surface area contributed by atoms with Crippen molar-refractivity contribution in [2.45, 2.75) is 12.8 Å². The van der Waals surface area contributed by atoms with E-state index in [9.17, 15) is 9.59 Å². The Morgan fingerprint density at radius 1 is 1.15 bits per heavy atom. The van der Waals surface area contributed by atoms with Crippen molar-refractivity contribution in [2.75, 3.05) is 40.3 Å². The third kappa shape index (κ3) is 4.26. The van der Waals surface area contributed by atoms with Crippen LogP contribution in [0.4, 0.5) is 0 Å².